The molecule has 23 heavy (non-hydrogen) atoms. The van der Waals surface area contributed by atoms with Crippen molar-refractivity contribution in [2.75, 3.05) is 18.7 Å². The van der Waals surface area contributed by atoms with Crippen LogP contribution in [0.25, 0.3) is 0 Å². The summed E-state index contributed by atoms with van der Waals surface area (Å²) < 4.78 is 13.6. The molecule has 2 N–H and O–H groups in total. The van der Waals surface area contributed by atoms with Gasteiger partial charge in [-0.3, -0.25) is 4.68 Å². The summed E-state index contributed by atoms with van der Waals surface area (Å²) in [7, 11) is 0. The number of hydrogen-bond donors (Lipinski definition) is 2. The molecule has 0 aliphatic carbocycles. The van der Waals surface area contributed by atoms with Crippen LogP contribution in [-0.4, -0.2) is 28.2 Å². The van der Waals surface area contributed by atoms with Crippen LogP contribution in [0.3, 0.4) is 0 Å². The number of rotatable bonds is 5. The molecule has 0 saturated heterocycles. The molecule has 0 amide bonds. The third kappa shape index (κ3) is 4.14. The van der Waals surface area contributed by atoms with Gasteiger partial charge in [0.15, 0.2) is 16.6 Å². The Labute approximate surface area is 148 Å². The monoisotopic (exact) mass is 396 g/mol. The number of aromatic nitrogens is 2. The highest BCUT2D eigenvalue weighted by Gasteiger charge is 2.13. The van der Waals surface area contributed by atoms with Gasteiger partial charge in [0.1, 0.15) is 0 Å². The van der Waals surface area contributed by atoms with Gasteiger partial charge in [0.05, 0.1) is 10.2 Å². The SMILES string of the molecule is Cc1nn(CCCNC(=S)Nc2ccc3c(c2)OCO3)cc1Br. The van der Waals surface area contributed by atoms with Crippen LogP contribution in [0.4, 0.5) is 5.69 Å². The minimum absolute atomic E-state index is 0.268. The number of anilines is 1. The van der Waals surface area contributed by atoms with Crippen molar-refractivity contribution in [3.8, 4) is 11.5 Å². The summed E-state index contributed by atoms with van der Waals surface area (Å²) in [6, 6.07) is 5.65. The molecule has 8 heteroatoms. The molecular weight excluding hydrogens is 380 g/mol. The van der Waals surface area contributed by atoms with Crippen LogP contribution in [0.2, 0.25) is 0 Å². The van der Waals surface area contributed by atoms with E-state index in [-0.39, 0.29) is 6.79 Å². The van der Waals surface area contributed by atoms with Crippen LogP contribution in [0.15, 0.2) is 28.9 Å². The third-order valence-electron chi connectivity index (χ3n) is 3.37. The minimum atomic E-state index is 0.268. The van der Waals surface area contributed by atoms with E-state index in [4.69, 9.17) is 21.7 Å². The summed E-state index contributed by atoms with van der Waals surface area (Å²) in [6.07, 6.45) is 2.91. The molecule has 1 aliphatic rings. The first kappa shape index (κ1) is 16.1. The molecule has 0 radical (unpaired) electrons. The van der Waals surface area contributed by atoms with E-state index in [1.54, 1.807) is 0 Å². The lowest BCUT2D eigenvalue weighted by atomic mass is 10.3. The highest BCUT2D eigenvalue weighted by molar-refractivity contribution is 9.10. The van der Waals surface area contributed by atoms with Crippen LogP contribution in [-0.2, 0) is 6.54 Å². The number of aryl methyl sites for hydroxylation is 2. The van der Waals surface area contributed by atoms with Gasteiger partial charge >= 0.3 is 0 Å². The normalized spacial score (nSPS) is 12.3. The lowest BCUT2D eigenvalue weighted by Crippen LogP contribution is -2.29. The van der Waals surface area contributed by atoms with Gasteiger partial charge in [-0.1, -0.05) is 0 Å². The fourth-order valence-electron chi connectivity index (χ4n) is 2.20. The molecule has 3 rings (SSSR count). The highest BCUT2D eigenvalue weighted by Crippen LogP contribution is 2.34. The molecule has 0 spiro atoms. The van der Waals surface area contributed by atoms with E-state index in [2.05, 4.69) is 31.7 Å². The van der Waals surface area contributed by atoms with Gasteiger partial charge in [0.25, 0.3) is 0 Å². The standard InChI is InChI=1S/C15H17BrN4O2S/c1-10-12(16)8-20(19-10)6-2-5-17-15(23)18-11-3-4-13-14(7-11)22-9-21-13/h3-4,7-8H,2,5-6,9H2,1H3,(H2,17,18,23). The topological polar surface area (TPSA) is 60.3 Å². The lowest BCUT2D eigenvalue weighted by molar-refractivity contribution is 0.174. The Balaban J connectivity index is 1.41. The lowest BCUT2D eigenvalue weighted by Gasteiger charge is -2.11. The summed E-state index contributed by atoms with van der Waals surface area (Å²) in [5.74, 6) is 1.49. The van der Waals surface area contributed by atoms with Gasteiger partial charge in [-0.25, -0.2) is 0 Å². The van der Waals surface area contributed by atoms with Gasteiger partial charge in [-0.05, 0) is 53.6 Å². The van der Waals surface area contributed by atoms with Crippen LogP contribution in [0.5, 0.6) is 11.5 Å². The second kappa shape index (κ2) is 7.18. The molecule has 0 fully saturated rings. The zero-order valence-electron chi connectivity index (χ0n) is 12.6. The second-order valence-corrected chi connectivity index (χ2v) is 6.39. The fraction of sp³-hybridized carbons (Fsp3) is 0.333. The van der Waals surface area contributed by atoms with Gasteiger partial charge in [0, 0.05) is 31.0 Å². The number of thiocarbonyl (C=S) groups is 1. The van der Waals surface area contributed by atoms with Crippen LogP contribution in [0.1, 0.15) is 12.1 Å². The Morgan fingerprint density at radius 3 is 3.00 bits per heavy atom. The summed E-state index contributed by atoms with van der Waals surface area (Å²) >= 11 is 8.75. The Bertz CT molecular complexity index is 700. The summed E-state index contributed by atoms with van der Waals surface area (Å²) in [5.41, 5.74) is 1.87. The van der Waals surface area contributed by atoms with Crippen molar-refractivity contribution in [1.82, 2.24) is 15.1 Å². The van der Waals surface area contributed by atoms with E-state index >= 15 is 0 Å². The van der Waals surface area contributed by atoms with Crippen molar-refractivity contribution in [3.63, 3.8) is 0 Å². The molecule has 6 nitrogen and oxygen atoms in total. The van der Waals surface area contributed by atoms with E-state index in [0.29, 0.717) is 5.11 Å². The van der Waals surface area contributed by atoms with E-state index in [9.17, 15) is 0 Å². The molecule has 1 aromatic heterocycles. The summed E-state index contributed by atoms with van der Waals surface area (Å²) in [4.78, 5) is 0. The zero-order valence-corrected chi connectivity index (χ0v) is 15.0. The van der Waals surface area contributed by atoms with Crippen LogP contribution in [0, 0.1) is 6.92 Å². The van der Waals surface area contributed by atoms with Crippen molar-refractivity contribution < 1.29 is 9.47 Å². The molecule has 122 valence electrons. The number of benzene rings is 1. The number of ether oxygens (including phenoxy) is 2. The van der Waals surface area contributed by atoms with E-state index < -0.39 is 0 Å². The van der Waals surface area contributed by atoms with Crippen LogP contribution < -0.4 is 20.1 Å². The average Bonchev–Trinajstić information content (AvgIpc) is 3.10. The van der Waals surface area contributed by atoms with E-state index in [1.165, 1.54) is 0 Å². The van der Waals surface area contributed by atoms with Crippen LogP contribution >= 0.6 is 28.1 Å². The van der Waals surface area contributed by atoms with Gasteiger partial charge in [0.2, 0.25) is 6.79 Å². The van der Waals surface area contributed by atoms with E-state index in [1.807, 2.05) is 36.0 Å². The maximum atomic E-state index is 5.34. The van der Waals surface area contributed by atoms with Gasteiger partial charge < -0.3 is 20.1 Å². The van der Waals surface area contributed by atoms with Crippen molar-refractivity contribution in [3.05, 3.63) is 34.6 Å². The number of hydrogen-bond acceptors (Lipinski definition) is 4. The Kier molecular flexibility index (Phi) is 5.02. The van der Waals surface area contributed by atoms with E-state index in [0.717, 1.165) is 46.9 Å². The first-order valence-corrected chi connectivity index (χ1v) is 8.46. The van der Waals surface area contributed by atoms with Gasteiger partial charge in [-0.15, -0.1) is 0 Å². The van der Waals surface area contributed by atoms with Crippen molar-refractivity contribution in [2.45, 2.75) is 19.9 Å². The van der Waals surface area contributed by atoms with Gasteiger partial charge in [-0.2, -0.15) is 5.10 Å². The Morgan fingerprint density at radius 1 is 1.39 bits per heavy atom. The van der Waals surface area contributed by atoms with Crippen molar-refractivity contribution in [2.24, 2.45) is 0 Å². The highest BCUT2D eigenvalue weighted by atomic mass is 79.9. The van der Waals surface area contributed by atoms with Crippen molar-refractivity contribution >= 4 is 38.9 Å². The second-order valence-electron chi connectivity index (χ2n) is 5.13. The van der Waals surface area contributed by atoms with Crippen molar-refractivity contribution in [1.29, 1.82) is 0 Å². The third-order valence-corrected chi connectivity index (χ3v) is 4.39. The fourth-order valence-corrected chi connectivity index (χ4v) is 2.74. The first-order valence-electron chi connectivity index (χ1n) is 7.26. The number of halogens is 1. The predicted octanol–water partition coefficient (Wildman–Crippen LogP) is 3.06. The predicted molar refractivity (Wildman–Crippen MR) is 96.1 cm³/mol. The number of nitrogens with one attached hydrogen (secondary N) is 2. The quantitative estimate of drug-likeness (QED) is 0.598. The molecule has 0 saturated carbocycles. The Morgan fingerprint density at radius 2 is 2.22 bits per heavy atom. The molecule has 1 aliphatic heterocycles. The molecule has 2 heterocycles. The summed E-state index contributed by atoms with van der Waals surface area (Å²) in [5, 5.41) is 11.3. The Hall–Kier alpha value is -1.80. The first-order chi connectivity index (χ1) is 11.1. The molecular formula is C15H17BrN4O2S. The molecule has 0 atom stereocenters. The average molecular weight is 397 g/mol. The molecule has 1 aromatic carbocycles. The molecule has 2 aromatic rings. The summed E-state index contributed by atoms with van der Waals surface area (Å²) in [6.45, 7) is 3.85. The maximum Gasteiger partial charge on any atom is 0.231 e. The largest absolute Gasteiger partial charge is 0.454 e. The number of nitrogens with zero attached hydrogens (tertiary/aromatic N) is 2. The minimum Gasteiger partial charge on any atom is -0.454 e. The maximum absolute atomic E-state index is 5.34. The molecule has 0 unspecified atom stereocenters. The smallest absolute Gasteiger partial charge is 0.231 e. The zero-order chi connectivity index (χ0) is 16.2. The number of fused-ring (bicyclic) bond motifs is 1. The molecule has 0 bridgehead atoms.